The van der Waals surface area contributed by atoms with Crippen LogP contribution in [-0.4, -0.2) is 12.9 Å². The Kier molecular flexibility index (Phi) is 4.68. The normalized spacial score (nSPS) is 10.6. The van der Waals surface area contributed by atoms with Gasteiger partial charge in [0.15, 0.2) is 0 Å². The molecule has 3 nitrogen and oxygen atoms in total. The first-order valence-corrected chi connectivity index (χ1v) is 6.73. The largest absolute Gasteiger partial charge is 0.495 e. The zero-order valence-corrected chi connectivity index (χ0v) is 11.6. The Hall–Kier alpha value is -1.95. The van der Waals surface area contributed by atoms with Gasteiger partial charge in [-0.2, -0.15) is 8.78 Å². The number of nitrogen functional groups attached to an aromatic ring is 1. The van der Waals surface area contributed by atoms with Gasteiger partial charge in [0, 0.05) is 4.90 Å². The van der Waals surface area contributed by atoms with Crippen LogP contribution in [0.3, 0.4) is 0 Å². The third kappa shape index (κ3) is 3.33. The van der Waals surface area contributed by atoms with Crippen molar-refractivity contribution < 1.29 is 13.5 Å². The van der Waals surface area contributed by atoms with Crippen LogP contribution in [-0.2, 0) is 0 Å². The molecule has 106 valence electrons. The quantitative estimate of drug-likeness (QED) is 0.636. The van der Waals surface area contributed by atoms with Crippen LogP contribution in [0.2, 0.25) is 0 Å². The topological polar surface area (TPSA) is 47.3 Å². The molecule has 2 rings (SSSR count). The molecule has 0 radical (unpaired) electrons. The number of methoxy groups -OCH3 is 1. The molecule has 2 aromatic rings. The van der Waals surface area contributed by atoms with Gasteiger partial charge in [-0.25, -0.2) is 0 Å². The van der Waals surface area contributed by atoms with Gasteiger partial charge in [0.05, 0.1) is 24.2 Å². The summed E-state index contributed by atoms with van der Waals surface area (Å²) in [4.78, 5) is 0.463. The lowest BCUT2D eigenvalue weighted by atomic mass is 10.2. The predicted octanol–water partition coefficient (Wildman–Crippen LogP) is 4.34. The summed E-state index contributed by atoms with van der Waals surface area (Å²) in [6, 6.07) is 12.1. The summed E-state index contributed by atoms with van der Waals surface area (Å²) in [6.07, 6.45) is 0. The maximum absolute atomic E-state index is 12.5. The molecule has 0 bridgehead atoms. The summed E-state index contributed by atoms with van der Waals surface area (Å²) in [6.45, 7) is 0. The van der Waals surface area contributed by atoms with Crippen molar-refractivity contribution in [3.63, 3.8) is 0 Å². The molecule has 2 aromatic carbocycles. The van der Waals surface area contributed by atoms with E-state index in [-0.39, 0.29) is 0 Å². The fraction of sp³-hybridized carbons (Fsp3) is 0.143. The molecule has 6 heteroatoms. The number of nitrogens with two attached hydrogens (primary N) is 1. The second-order valence-electron chi connectivity index (χ2n) is 3.92. The zero-order chi connectivity index (χ0) is 14.5. The first kappa shape index (κ1) is 14.5. The van der Waals surface area contributed by atoms with Crippen molar-refractivity contribution in [1.82, 2.24) is 0 Å². The SMILES string of the molecule is COc1cccc(Nc2ccccc2SC(F)F)c1N. The predicted molar refractivity (Wildman–Crippen MR) is 79.0 cm³/mol. The summed E-state index contributed by atoms with van der Waals surface area (Å²) in [5, 5.41) is 3.06. The molecule has 20 heavy (non-hydrogen) atoms. The Balaban J connectivity index is 2.30. The van der Waals surface area contributed by atoms with Gasteiger partial charge in [-0.05, 0) is 24.3 Å². The molecular formula is C14H14F2N2OS. The molecule has 0 atom stereocenters. The van der Waals surface area contributed by atoms with Crippen molar-refractivity contribution >= 4 is 28.8 Å². The molecule has 0 heterocycles. The van der Waals surface area contributed by atoms with E-state index >= 15 is 0 Å². The number of para-hydroxylation sites is 2. The monoisotopic (exact) mass is 296 g/mol. The number of halogens is 2. The molecule has 0 fully saturated rings. The Morgan fingerprint density at radius 3 is 2.50 bits per heavy atom. The third-order valence-electron chi connectivity index (χ3n) is 2.66. The Morgan fingerprint density at radius 2 is 1.80 bits per heavy atom. The summed E-state index contributed by atoms with van der Waals surface area (Å²) in [7, 11) is 1.52. The number of nitrogens with one attached hydrogen (secondary N) is 1. The first-order valence-electron chi connectivity index (χ1n) is 5.85. The van der Waals surface area contributed by atoms with E-state index < -0.39 is 5.76 Å². The molecule has 0 saturated heterocycles. The van der Waals surface area contributed by atoms with Crippen LogP contribution in [0.15, 0.2) is 47.4 Å². The van der Waals surface area contributed by atoms with Gasteiger partial charge < -0.3 is 15.8 Å². The third-order valence-corrected chi connectivity index (χ3v) is 3.45. The highest BCUT2D eigenvalue weighted by Gasteiger charge is 2.11. The van der Waals surface area contributed by atoms with Crippen LogP contribution >= 0.6 is 11.8 Å². The first-order chi connectivity index (χ1) is 9.61. The molecule has 0 aromatic heterocycles. The van der Waals surface area contributed by atoms with Crippen LogP contribution in [0.4, 0.5) is 25.8 Å². The van der Waals surface area contributed by atoms with Crippen LogP contribution in [0, 0.1) is 0 Å². The van der Waals surface area contributed by atoms with E-state index in [2.05, 4.69) is 5.32 Å². The number of rotatable bonds is 5. The van der Waals surface area contributed by atoms with Crippen LogP contribution in [0.1, 0.15) is 0 Å². The second kappa shape index (κ2) is 6.47. The number of alkyl halides is 2. The highest BCUT2D eigenvalue weighted by atomic mass is 32.2. The number of ether oxygens (including phenoxy) is 1. The van der Waals surface area contributed by atoms with Gasteiger partial charge in [0.25, 0.3) is 5.76 Å². The minimum absolute atomic E-state index is 0.437. The lowest BCUT2D eigenvalue weighted by Gasteiger charge is -2.14. The molecular weight excluding hydrogens is 282 g/mol. The van der Waals surface area contributed by atoms with E-state index in [1.165, 1.54) is 7.11 Å². The van der Waals surface area contributed by atoms with Gasteiger partial charge in [0.2, 0.25) is 0 Å². The number of thioether (sulfide) groups is 1. The summed E-state index contributed by atoms with van der Waals surface area (Å²) >= 11 is 0.492. The summed E-state index contributed by atoms with van der Waals surface area (Å²) in [5.74, 6) is -1.94. The number of anilines is 3. The van der Waals surface area contributed by atoms with E-state index in [4.69, 9.17) is 10.5 Å². The molecule has 0 aliphatic rings. The average Bonchev–Trinajstić information content (AvgIpc) is 2.42. The van der Waals surface area contributed by atoms with Crippen molar-refractivity contribution in [2.45, 2.75) is 10.7 Å². The van der Waals surface area contributed by atoms with Gasteiger partial charge in [-0.15, -0.1) is 0 Å². The van der Waals surface area contributed by atoms with Crippen molar-refractivity contribution in [3.05, 3.63) is 42.5 Å². The van der Waals surface area contributed by atoms with Gasteiger partial charge in [-0.3, -0.25) is 0 Å². The maximum atomic E-state index is 12.5. The summed E-state index contributed by atoms with van der Waals surface area (Å²) < 4.78 is 30.2. The smallest absolute Gasteiger partial charge is 0.288 e. The minimum Gasteiger partial charge on any atom is -0.495 e. The van der Waals surface area contributed by atoms with Gasteiger partial charge in [-0.1, -0.05) is 30.0 Å². The Labute approximate surface area is 120 Å². The van der Waals surface area contributed by atoms with E-state index in [1.807, 2.05) is 0 Å². The van der Waals surface area contributed by atoms with E-state index in [9.17, 15) is 8.78 Å². The highest BCUT2D eigenvalue weighted by Crippen LogP contribution is 2.36. The molecule has 0 saturated carbocycles. The minimum atomic E-state index is -2.47. The Bertz CT molecular complexity index is 593. The fourth-order valence-corrected chi connectivity index (χ4v) is 2.34. The van der Waals surface area contributed by atoms with E-state index in [1.54, 1.807) is 42.5 Å². The lowest BCUT2D eigenvalue weighted by molar-refractivity contribution is 0.252. The van der Waals surface area contributed by atoms with E-state index in [0.717, 1.165) is 0 Å². The van der Waals surface area contributed by atoms with Gasteiger partial charge in [0.1, 0.15) is 5.75 Å². The molecule has 3 N–H and O–H groups in total. The number of hydrogen-bond donors (Lipinski definition) is 2. The highest BCUT2D eigenvalue weighted by molar-refractivity contribution is 7.99. The average molecular weight is 296 g/mol. The number of hydrogen-bond acceptors (Lipinski definition) is 4. The molecule has 0 aliphatic heterocycles. The second-order valence-corrected chi connectivity index (χ2v) is 4.95. The molecule has 0 spiro atoms. The van der Waals surface area contributed by atoms with Gasteiger partial charge >= 0.3 is 0 Å². The lowest BCUT2D eigenvalue weighted by Crippen LogP contribution is -2.00. The molecule has 0 unspecified atom stereocenters. The van der Waals surface area contributed by atoms with E-state index in [0.29, 0.717) is 39.5 Å². The molecule has 0 amide bonds. The van der Waals surface area contributed by atoms with Crippen molar-refractivity contribution in [2.24, 2.45) is 0 Å². The van der Waals surface area contributed by atoms with Crippen LogP contribution in [0.25, 0.3) is 0 Å². The Morgan fingerprint density at radius 1 is 1.10 bits per heavy atom. The van der Waals surface area contributed by atoms with Crippen LogP contribution in [0.5, 0.6) is 5.75 Å². The standard InChI is InChI=1S/C14H14F2N2OS/c1-19-11-7-4-6-10(13(11)17)18-9-5-2-3-8-12(9)20-14(15)16/h2-8,14,18H,17H2,1H3. The van der Waals surface area contributed by atoms with Crippen molar-refractivity contribution in [3.8, 4) is 5.75 Å². The zero-order valence-electron chi connectivity index (χ0n) is 10.8. The van der Waals surface area contributed by atoms with Crippen molar-refractivity contribution in [2.75, 3.05) is 18.2 Å². The molecule has 0 aliphatic carbocycles. The number of benzene rings is 2. The maximum Gasteiger partial charge on any atom is 0.288 e. The summed E-state index contributed by atoms with van der Waals surface area (Å²) in [5.41, 5.74) is 7.59. The fourth-order valence-electron chi connectivity index (χ4n) is 1.74. The van der Waals surface area contributed by atoms with Crippen LogP contribution < -0.4 is 15.8 Å². The van der Waals surface area contributed by atoms with Crippen molar-refractivity contribution in [1.29, 1.82) is 0 Å².